The molecule has 0 spiro atoms. The van der Waals surface area contributed by atoms with Crippen molar-refractivity contribution in [2.45, 2.75) is 59.0 Å². The van der Waals surface area contributed by atoms with Crippen LogP contribution in [0.4, 0.5) is 0 Å². The van der Waals surface area contributed by atoms with Gasteiger partial charge in [0.1, 0.15) is 0 Å². The summed E-state index contributed by atoms with van der Waals surface area (Å²) in [5, 5.41) is 4.38. The van der Waals surface area contributed by atoms with Crippen LogP contribution in [0, 0.1) is 13.8 Å². The van der Waals surface area contributed by atoms with Crippen LogP contribution in [0.2, 0.25) is 0 Å². The number of hydrogen-bond acceptors (Lipinski definition) is 1. The summed E-state index contributed by atoms with van der Waals surface area (Å²) in [6.45, 7) is 9.19. The number of rotatable bonds is 8. The summed E-state index contributed by atoms with van der Waals surface area (Å²) >= 11 is 0. The van der Waals surface area contributed by atoms with Crippen LogP contribution in [0.5, 0.6) is 0 Å². The lowest BCUT2D eigenvalue weighted by atomic mass is 9.87. The number of benzene rings is 3. The lowest BCUT2D eigenvalue weighted by Gasteiger charge is -2.19. The van der Waals surface area contributed by atoms with Gasteiger partial charge in [0.2, 0.25) is 5.91 Å². The highest BCUT2D eigenvalue weighted by Crippen LogP contribution is 2.35. The topological polar surface area (TPSA) is 34.0 Å². The minimum absolute atomic E-state index is 0.00174. The van der Waals surface area contributed by atoms with Crippen molar-refractivity contribution in [1.82, 2.24) is 9.88 Å². The molecule has 33 heavy (non-hydrogen) atoms. The number of aromatic nitrogens is 1. The molecule has 0 saturated heterocycles. The van der Waals surface area contributed by atoms with Gasteiger partial charge in [0.15, 0.2) is 0 Å². The predicted octanol–water partition coefficient (Wildman–Crippen LogP) is 6.74. The molecule has 2 atom stereocenters. The molecule has 3 aromatic carbocycles. The van der Waals surface area contributed by atoms with Gasteiger partial charge in [-0.2, -0.15) is 0 Å². The Kier molecular flexibility index (Phi) is 6.98. The second kappa shape index (κ2) is 10.1. The van der Waals surface area contributed by atoms with E-state index in [9.17, 15) is 4.79 Å². The van der Waals surface area contributed by atoms with Crippen molar-refractivity contribution in [2.24, 2.45) is 0 Å². The standard InChI is InChI=1S/C30H34N2O/c1-5-23(4)31-30(33)18-27(25-10-8-9-22(3)17-25)28-20-32(29-12-7-6-11-26(28)29)19-24-15-13-21(2)14-16-24/h6-17,20,23,27H,5,18-19H2,1-4H3,(H,31,33). The second-order valence-corrected chi connectivity index (χ2v) is 9.26. The molecule has 170 valence electrons. The third kappa shape index (κ3) is 5.36. The summed E-state index contributed by atoms with van der Waals surface area (Å²) in [4.78, 5) is 13.0. The molecule has 0 aliphatic carbocycles. The Morgan fingerprint density at radius 2 is 1.70 bits per heavy atom. The maximum atomic E-state index is 13.0. The van der Waals surface area contributed by atoms with Crippen molar-refractivity contribution in [2.75, 3.05) is 0 Å². The molecule has 3 heteroatoms. The van der Waals surface area contributed by atoms with E-state index in [0.29, 0.717) is 6.42 Å². The fourth-order valence-corrected chi connectivity index (χ4v) is 4.49. The van der Waals surface area contributed by atoms with Crippen LogP contribution in [-0.2, 0) is 11.3 Å². The Labute approximate surface area is 197 Å². The molecular formula is C30H34N2O. The number of carbonyl (C=O) groups excluding carboxylic acids is 1. The summed E-state index contributed by atoms with van der Waals surface area (Å²) in [6.07, 6.45) is 3.62. The second-order valence-electron chi connectivity index (χ2n) is 9.26. The zero-order valence-electron chi connectivity index (χ0n) is 20.1. The summed E-state index contributed by atoms with van der Waals surface area (Å²) < 4.78 is 2.32. The summed E-state index contributed by atoms with van der Waals surface area (Å²) in [7, 11) is 0. The van der Waals surface area contributed by atoms with Crippen LogP contribution in [0.25, 0.3) is 10.9 Å². The molecule has 0 saturated carbocycles. The number of amides is 1. The van der Waals surface area contributed by atoms with Gasteiger partial charge in [0.05, 0.1) is 0 Å². The first-order valence-corrected chi connectivity index (χ1v) is 11.9. The molecule has 1 heterocycles. The van der Waals surface area contributed by atoms with E-state index in [4.69, 9.17) is 0 Å². The number of carbonyl (C=O) groups is 1. The number of hydrogen-bond donors (Lipinski definition) is 1. The van der Waals surface area contributed by atoms with Crippen LogP contribution in [-0.4, -0.2) is 16.5 Å². The molecule has 0 fully saturated rings. The molecule has 4 aromatic rings. The Morgan fingerprint density at radius 1 is 0.939 bits per heavy atom. The first-order chi connectivity index (χ1) is 15.9. The van der Waals surface area contributed by atoms with Gasteiger partial charge < -0.3 is 9.88 Å². The molecular weight excluding hydrogens is 404 g/mol. The Bertz CT molecular complexity index is 1240. The smallest absolute Gasteiger partial charge is 0.221 e. The quantitative estimate of drug-likeness (QED) is 0.325. The van der Waals surface area contributed by atoms with Crippen molar-refractivity contribution in [3.63, 3.8) is 0 Å². The van der Waals surface area contributed by atoms with E-state index in [1.54, 1.807) is 0 Å². The lowest BCUT2D eigenvalue weighted by Crippen LogP contribution is -2.33. The number of aryl methyl sites for hydroxylation is 2. The van der Waals surface area contributed by atoms with Gasteiger partial charge >= 0.3 is 0 Å². The van der Waals surface area contributed by atoms with E-state index in [0.717, 1.165) is 13.0 Å². The van der Waals surface area contributed by atoms with Crippen molar-refractivity contribution in [3.8, 4) is 0 Å². The molecule has 1 aromatic heterocycles. The Hall–Kier alpha value is -3.33. The van der Waals surface area contributed by atoms with Crippen molar-refractivity contribution in [1.29, 1.82) is 0 Å². The highest BCUT2D eigenvalue weighted by Gasteiger charge is 2.23. The first kappa shape index (κ1) is 22.8. The van der Waals surface area contributed by atoms with Gasteiger partial charge in [0.25, 0.3) is 0 Å². The highest BCUT2D eigenvalue weighted by molar-refractivity contribution is 5.87. The maximum Gasteiger partial charge on any atom is 0.221 e. The van der Waals surface area contributed by atoms with Gasteiger partial charge in [-0.25, -0.2) is 0 Å². The molecule has 0 radical (unpaired) electrons. The van der Waals surface area contributed by atoms with Gasteiger partial charge in [-0.1, -0.05) is 84.8 Å². The van der Waals surface area contributed by atoms with Crippen LogP contribution in [0.15, 0.2) is 79.0 Å². The molecule has 1 amide bonds. The lowest BCUT2D eigenvalue weighted by molar-refractivity contribution is -0.121. The maximum absolute atomic E-state index is 13.0. The Morgan fingerprint density at radius 3 is 2.42 bits per heavy atom. The van der Waals surface area contributed by atoms with Crippen molar-refractivity contribution < 1.29 is 4.79 Å². The van der Waals surface area contributed by atoms with E-state index in [1.807, 2.05) is 0 Å². The van der Waals surface area contributed by atoms with Gasteiger partial charge in [0, 0.05) is 42.0 Å². The van der Waals surface area contributed by atoms with Crippen molar-refractivity contribution >= 4 is 16.8 Å². The SMILES string of the molecule is CCC(C)NC(=O)CC(c1cccc(C)c1)c1cn(Cc2ccc(C)cc2)c2ccccc12. The minimum atomic E-state index is -0.00174. The molecule has 3 nitrogen and oxygen atoms in total. The van der Waals surface area contributed by atoms with Crippen LogP contribution in [0.1, 0.15) is 60.4 Å². The van der Waals surface area contributed by atoms with E-state index < -0.39 is 0 Å². The summed E-state index contributed by atoms with van der Waals surface area (Å²) in [5.41, 5.74) is 7.35. The number of nitrogens with zero attached hydrogens (tertiary/aromatic N) is 1. The van der Waals surface area contributed by atoms with Crippen molar-refractivity contribution in [3.05, 3.63) is 107 Å². The van der Waals surface area contributed by atoms with E-state index in [-0.39, 0.29) is 17.9 Å². The average molecular weight is 439 g/mol. The normalized spacial score (nSPS) is 13.1. The minimum Gasteiger partial charge on any atom is -0.354 e. The molecule has 0 aliphatic heterocycles. The third-order valence-corrected chi connectivity index (χ3v) is 6.52. The zero-order valence-corrected chi connectivity index (χ0v) is 20.1. The first-order valence-electron chi connectivity index (χ1n) is 11.9. The molecule has 4 rings (SSSR count). The zero-order chi connectivity index (χ0) is 23.4. The van der Waals surface area contributed by atoms with E-state index >= 15 is 0 Å². The van der Waals surface area contributed by atoms with E-state index in [2.05, 4.69) is 117 Å². The average Bonchev–Trinajstić information content (AvgIpc) is 3.17. The Balaban J connectivity index is 1.77. The molecule has 0 aliphatic rings. The van der Waals surface area contributed by atoms with Gasteiger partial charge in [-0.05, 0) is 49.9 Å². The predicted molar refractivity (Wildman–Crippen MR) is 138 cm³/mol. The van der Waals surface area contributed by atoms with Crippen LogP contribution < -0.4 is 5.32 Å². The monoisotopic (exact) mass is 438 g/mol. The van der Waals surface area contributed by atoms with Gasteiger partial charge in [-0.3, -0.25) is 4.79 Å². The summed E-state index contributed by atoms with van der Waals surface area (Å²) in [6, 6.07) is 26.0. The summed E-state index contributed by atoms with van der Waals surface area (Å²) in [5.74, 6) is 0.101. The van der Waals surface area contributed by atoms with Gasteiger partial charge in [-0.15, -0.1) is 0 Å². The number of fused-ring (bicyclic) bond motifs is 1. The largest absolute Gasteiger partial charge is 0.354 e. The van der Waals surface area contributed by atoms with Crippen LogP contribution >= 0.6 is 0 Å². The molecule has 2 unspecified atom stereocenters. The third-order valence-electron chi connectivity index (χ3n) is 6.52. The fraction of sp³-hybridized carbons (Fsp3) is 0.300. The fourth-order valence-electron chi connectivity index (χ4n) is 4.49. The molecule has 0 bridgehead atoms. The number of nitrogens with one attached hydrogen (secondary N) is 1. The van der Waals surface area contributed by atoms with E-state index in [1.165, 1.54) is 38.7 Å². The number of para-hydroxylation sites is 1. The highest BCUT2D eigenvalue weighted by atomic mass is 16.1. The molecule has 1 N–H and O–H groups in total. The van der Waals surface area contributed by atoms with Crippen LogP contribution in [0.3, 0.4) is 0 Å².